The summed E-state index contributed by atoms with van der Waals surface area (Å²) in [4.78, 5) is 15.9. The van der Waals surface area contributed by atoms with Gasteiger partial charge in [-0.05, 0) is 24.7 Å². The van der Waals surface area contributed by atoms with Gasteiger partial charge in [0.25, 0.3) is 0 Å². The molecule has 0 bridgehead atoms. The van der Waals surface area contributed by atoms with Crippen molar-refractivity contribution in [3.63, 3.8) is 0 Å². The monoisotopic (exact) mass is 209 g/mol. The number of hydrogen-bond acceptors (Lipinski definition) is 2. The van der Waals surface area contributed by atoms with Crippen LogP contribution in [-0.4, -0.2) is 23.6 Å². The van der Waals surface area contributed by atoms with Gasteiger partial charge in [-0.1, -0.05) is 19.9 Å². The fourth-order valence-electron chi connectivity index (χ4n) is 1.18. The van der Waals surface area contributed by atoms with E-state index in [0.29, 0.717) is 26.4 Å². The molecule has 0 saturated carbocycles. The molecule has 1 aromatic heterocycles. The van der Waals surface area contributed by atoms with Crippen molar-refractivity contribution in [2.45, 2.75) is 19.8 Å². The second kappa shape index (κ2) is 5.21. The average molecular weight is 209 g/mol. The normalized spacial score (nSPS) is 11.4. The molecule has 0 saturated heterocycles. The van der Waals surface area contributed by atoms with Crippen LogP contribution in [0, 0.1) is 0 Å². The Bertz CT molecular complexity index is 323. The minimum absolute atomic E-state index is 0.160. The van der Waals surface area contributed by atoms with Crippen molar-refractivity contribution in [2.24, 2.45) is 0 Å². The third-order valence-corrected chi connectivity index (χ3v) is 2.66. The Morgan fingerprint density at radius 2 is 2.21 bits per heavy atom. The molecule has 3 heteroatoms. The third kappa shape index (κ3) is 2.88. The summed E-state index contributed by atoms with van der Waals surface area (Å²) in [6.45, 7) is 6.19. The van der Waals surface area contributed by atoms with Crippen molar-refractivity contribution in [1.29, 1.82) is 0 Å². The molecule has 1 rings (SSSR count). The van der Waals surface area contributed by atoms with Gasteiger partial charge in [0.2, 0.25) is 0 Å². The van der Waals surface area contributed by atoms with Crippen molar-refractivity contribution in [1.82, 2.24) is 4.98 Å². The summed E-state index contributed by atoms with van der Waals surface area (Å²) in [5, 5.41) is 0. The molecule has 0 N–H and O–H groups in total. The van der Waals surface area contributed by atoms with E-state index in [2.05, 4.69) is 18.8 Å². The molecule has 0 aliphatic heterocycles. The van der Waals surface area contributed by atoms with Gasteiger partial charge in [-0.3, -0.25) is 4.79 Å². The highest BCUT2D eigenvalue weighted by Crippen LogP contribution is 2.13. The summed E-state index contributed by atoms with van der Waals surface area (Å²) in [7, 11) is 0.665. The largest absolute Gasteiger partial charge is 0.292 e. The molecule has 0 spiro atoms. The number of aromatic nitrogens is 1. The van der Waals surface area contributed by atoms with Crippen molar-refractivity contribution >= 4 is 14.4 Å². The van der Waals surface area contributed by atoms with Crippen LogP contribution in [0.2, 0.25) is 0 Å². The standard InChI is InChI=1S/C11H16NOP/c1-8(2)9-5-4-6-10(12-9)11(13)7-14-3/h4-6,8,14H,7H2,1-3H3. The van der Waals surface area contributed by atoms with Gasteiger partial charge in [0.15, 0.2) is 5.78 Å². The molecule has 0 amide bonds. The second-order valence-corrected chi connectivity index (χ2v) is 4.62. The van der Waals surface area contributed by atoms with Crippen LogP contribution in [0.15, 0.2) is 18.2 Å². The van der Waals surface area contributed by atoms with E-state index in [0.717, 1.165) is 5.69 Å². The van der Waals surface area contributed by atoms with Crippen molar-refractivity contribution in [3.8, 4) is 0 Å². The van der Waals surface area contributed by atoms with Gasteiger partial charge in [-0.15, -0.1) is 8.58 Å². The maximum atomic E-state index is 11.6. The lowest BCUT2D eigenvalue weighted by Crippen LogP contribution is -2.06. The molecule has 14 heavy (non-hydrogen) atoms. The van der Waals surface area contributed by atoms with Crippen molar-refractivity contribution in [2.75, 3.05) is 12.8 Å². The number of hydrogen-bond donors (Lipinski definition) is 0. The third-order valence-electron chi connectivity index (χ3n) is 1.99. The second-order valence-electron chi connectivity index (χ2n) is 3.56. The van der Waals surface area contributed by atoms with E-state index in [1.54, 1.807) is 6.07 Å². The number of nitrogens with zero attached hydrogens (tertiary/aromatic N) is 1. The van der Waals surface area contributed by atoms with Crippen LogP contribution in [0.1, 0.15) is 35.9 Å². The Morgan fingerprint density at radius 1 is 1.50 bits per heavy atom. The first-order chi connectivity index (χ1) is 6.65. The number of carbonyl (C=O) groups is 1. The number of Topliss-reactive ketones (excluding diaryl/α,β-unsaturated/α-hetero) is 1. The van der Waals surface area contributed by atoms with E-state index in [1.165, 1.54) is 0 Å². The van der Waals surface area contributed by atoms with Crippen molar-refractivity contribution in [3.05, 3.63) is 29.6 Å². The number of pyridine rings is 1. The van der Waals surface area contributed by atoms with Crippen LogP contribution < -0.4 is 0 Å². The Hall–Kier alpha value is -0.750. The fourth-order valence-corrected chi connectivity index (χ4v) is 1.68. The Balaban J connectivity index is 2.88. The highest BCUT2D eigenvalue weighted by Gasteiger charge is 2.08. The predicted octanol–water partition coefficient (Wildman–Crippen LogP) is 2.70. The van der Waals surface area contributed by atoms with Gasteiger partial charge in [0, 0.05) is 11.9 Å². The smallest absolute Gasteiger partial charge is 0.185 e. The lowest BCUT2D eigenvalue weighted by atomic mass is 10.1. The zero-order valence-electron chi connectivity index (χ0n) is 8.87. The molecule has 1 heterocycles. The molecule has 76 valence electrons. The number of ketones is 1. The van der Waals surface area contributed by atoms with Gasteiger partial charge >= 0.3 is 0 Å². The van der Waals surface area contributed by atoms with E-state index in [1.807, 2.05) is 18.8 Å². The summed E-state index contributed by atoms with van der Waals surface area (Å²) < 4.78 is 0. The Morgan fingerprint density at radius 3 is 2.79 bits per heavy atom. The van der Waals surface area contributed by atoms with Gasteiger partial charge in [-0.2, -0.15) is 0 Å². The molecule has 1 aromatic rings. The van der Waals surface area contributed by atoms with Gasteiger partial charge in [0.05, 0.1) is 0 Å². The molecule has 0 aliphatic carbocycles. The van der Waals surface area contributed by atoms with Gasteiger partial charge in [-0.25, -0.2) is 4.98 Å². The van der Waals surface area contributed by atoms with Gasteiger partial charge < -0.3 is 0 Å². The van der Waals surface area contributed by atoms with Crippen LogP contribution in [0.5, 0.6) is 0 Å². The minimum atomic E-state index is 0.160. The summed E-state index contributed by atoms with van der Waals surface area (Å²) in [6, 6.07) is 5.68. The first-order valence-electron chi connectivity index (χ1n) is 4.80. The van der Waals surface area contributed by atoms with Crippen LogP contribution in [0.4, 0.5) is 0 Å². The van der Waals surface area contributed by atoms with E-state index in [4.69, 9.17) is 0 Å². The van der Waals surface area contributed by atoms with E-state index in [9.17, 15) is 4.79 Å². The minimum Gasteiger partial charge on any atom is -0.292 e. The summed E-state index contributed by atoms with van der Waals surface area (Å²) in [5.74, 6) is 0.542. The van der Waals surface area contributed by atoms with Crippen molar-refractivity contribution < 1.29 is 4.79 Å². The first kappa shape index (κ1) is 11.3. The van der Waals surface area contributed by atoms with Gasteiger partial charge in [0.1, 0.15) is 5.69 Å². The van der Waals surface area contributed by atoms with E-state index in [-0.39, 0.29) is 5.78 Å². The molecule has 2 nitrogen and oxygen atoms in total. The highest BCUT2D eigenvalue weighted by molar-refractivity contribution is 7.38. The van der Waals surface area contributed by atoms with E-state index >= 15 is 0 Å². The molecule has 0 aromatic carbocycles. The lowest BCUT2D eigenvalue weighted by molar-refractivity contribution is 0.101. The number of rotatable bonds is 4. The predicted molar refractivity (Wildman–Crippen MR) is 61.8 cm³/mol. The lowest BCUT2D eigenvalue weighted by Gasteiger charge is -2.05. The topological polar surface area (TPSA) is 30.0 Å². The Kier molecular flexibility index (Phi) is 4.21. The highest BCUT2D eigenvalue weighted by atomic mass is 31.1. The average Bonchev–Trinajstić information content (AvgIpc) is 2.18. The zero-order chi connectivity index (χ0) is 10.6. The number of carbonyl (C=O) groups excluding carboxylic acids is 1. The van der Waals surface area contributed by atoms with Crippen LogP contribution >= 0.6 is 8.58 Å². The SMILES string of the molecule is CPCC(=O)c1cccc(C(C)C)n1. The molecule has 1 atom stereocenters. The molecule has 0 radical (unpaired) electrons. The Labute approximate surface area is 86.9 Å². The summed E-state index contributed by atoms with van der Waals surface area (Å²) in [5.41, 5.74) is 1.61. The quantitative estimate of drug-likeness (QED) is 0.563. The molecule has 1 unspecified atom stereocenters. The maximum absolute atomic E-state index is 11.6. The molecular formula is C11H16NOP. The summed E-state index contributed by atoms with van der Waals surface area (Å²) in [6.07, 6.45) is 0.620. The van der Waals surface area contributed by atoms with Crippen LogP contribution in [-0.2, 0) is 0 Å². The zero-order valence-corrected chi connectivity index (χ0v) is 9.87. The fraction of sp³-hybridized carbons (Fsp3) is 0.455. The van der Waals surface area contributed by atoms with E-state index < -0.39 is 0 Å². The maximum Gasteiger partial charge on any atom is 0.185 e. The molecular weight excluding hydrogens is 193 g/mol. The molecule has 0 aliphatic rings. The first-order valence-corrected chi connectivity index (χ1v) is 6.50. The van der Waals surface area contributed by atoms with Crippen LogP contribution in [0.3, 0.4) is 0 Å². The molecule has 0 fully saturated rings. The summed E-state index contributed by atoms with van der Waals surface area (Å²) >= 11 is 0. The van der Waals surface area contributed by atoms with Crippen LogP contribution in [0.25, 0.3) is 0 Å².